The molecule has 2 aliphatic heterocycles. The maximum absolute atomic E-state index is 14.5. The highest BCUT2D eigenvalue weighted by atomic mass is 19.2. The van der Waals surface area contributed by atoms with E-state index in [1.54, 1.807) is 0 Å². The lowest BCUT2D eigenvalue weighted by molar-refractivity contribution is -0.434. The maximum atomic E-state index is 14.5. The summed E-state index contributed by atoms with van der Waals surface area (Å²) in [5, 5.41) is 13.5. The number of nitro groups is 1. The van der Waals surface area contributed by atoms with Crippen LogP contribution in [0, 0.1) is 27.6 Å². The van der Waals surface area contributed by atoms with Crippen LogP contribution in [0.4, 0.5) is 13.2 Å². The summed E-state index contributed by atoms with van der Waals surface area (Å²) in [5.41, 5.74) is 0.657. The van der Waals surface area contributed by atoms with E-state index in [-0.39, 0.29) is 5.92 Å². The molecule has 1 fully saturated rings. The zero-order valence-electron chi connectivity index (χ0n) is 16.8. The van der Waals surface area contributed by atoms with Gasteiger partial charge < -0.3 is 9.47 Å². The number of rotatable bonds is 3. The Labute approximate surface area is 181 Å². The van der Waals surface area contributed by atoms with Crippen molar-refractivity contribution >= 4 is 16.8 Å². The third-order valence-corrected chi connectivity index (χ3v) is 6.06. The lowest BCUT2D eigenvalue weighted by Crippen LogP contribution is -2.22. The normalized spacial score (nSPS) is 18.7. The average molecular weight is 441 g/mol. The molecule has 0 N–H and O–H groups in total. The SMILES string of the molecule is O=[N+]([O-])C1=Cc2cc(C3CCOCC3)c3ccccc3c2OC1c1cc(F)c(F)cc1F. The van der Waals surface area contributed by atoms with Gasteiger partial charge in [0, 0.05) is 41.9 Å². The van der Waals surface area contributed by atoms with E-state index in [0.29, 0.717) is 36.7 Å². The summed E-state index contributed by atoms with van der Waals surface area (Å²) in [5.74, 6) is -3.23. The van der Waals surface area contributed by atoms with Crippen molar-refractivity contribution in [2.45, 2.75) is 24.9 Å². The van der Waals surface area contributed by atoms with Gasteiger partial charge in [-0.15, -0.1) is 0 Å². The van der Waals surface area contributed by atoms with Crippen molar-refractivity contribution in [1.29, 1.82) is 0 Å². The van der Waals surface area contributed by atoms with Gasteiger partial charge in [-0.3, -0.25) is 10.1 Å². The highest BCUT2D eigenvalue weighted by molar-refractivity contribution is 5.95. The van der Waals surface area contributed by atoms with Crippen LogP contribution in [0.5, 0.6) is 5.75 Å². The average Bonchev–Trinajstić information content (AvgIpc) is 2.80. The molecule has 0 saturated carbocycles. The molecule has 2 aliphatic rings. The lowest BCUT2D eigenvalue weighted by atomic mass is 9.85. The highest BCUT2D eigenvalue weighted by Gasteiger charge is 2.37. The molecule has 0 bridgehead atoms. The van der Waals surface area contributed by atoms with Gasteiger partial charge in [-0.1, -0.05) is 24.3 Å². The first kappa shape index (κ1) is 20.5. The third-order valence-electron chi connectivity index (χ3n) is 6.06. The maximum Gasteiger partial charge on any atom is 0.291 e. The third kappa shape index (κ3) is 3.40. The minimum atomic E-state index is -1.52. The molecular weight excluding hydrogens is 423 g/mol. The van der Waals surface area contributed by atoms with E-state index in [2.05, 4.69) is 0 Å². The quantitative estimate of drug-likeness (QED) is 0.288. The molecule has 0 spiro atoms. The van der Waals surface area contributed by atoms with E-state index in [0.717, 1.165) is 29.2 Å². The Bertz CT molecular complexity index is 1270. The minimum absolute atomic E-state index is 0.229. The van der Waals surface area contributed by atoms with Gasteiger partial charge in [0.1, 0.15) is 11.6 Å². The Kier molecular flexibility index (Phi) is 5.09. The molecule has 164 valence electrons. The van der Waals surface area contributed by atoms with Crippen LogP contribution < -0.4 is 4.74 Å². The van der Waals surface area contributed by atoms with Gasteiger partial charge in [0.15, 0.2) is 11.6 Å². The van der Waals surface area contributed by atoms with Crippen LogP contribution in [0.15, 0.2) is 48.2 Å². The van der Waals surface area contributed by atoms with Crippen molar-refractivity contribution < 1.29 is 27.6 Å². The summed E-state index contributed by atoms with van der Waals surface area (Å²) >= 11 is 0. The predicted molar refractivity (Wildman–Crippen MR) is 111 cm³/mol. The van der Waals surface area contributed by atoms with E-state index in [1.165, 1.54) is 6.08 Å². The second kappa shape index (κ2) is 7.94. The molecule has 8 heteroatoms. The number of fused-ring (bicyclic) bond motifs is 3. The first-order valence-corrected chi connectivity index (χ1v) is 10.2. The minimum Gasteiger partial charge on any atom is -0.473 e. The van der Waals surface area contributed by atoms with Gasteiger partial charge in [0.2, 0.25) is 6.10 Å². The van der Waals surface area contributed by atoms with Crippen LogP contribution in [0.25, 0.3) is 16.8 Å². The van der Waals surface area contributed by atoms with Crippen molar-refractivity contribution in [1.82, 2.24) is 0 Å². The Hall–Kier alpha value is -3.39. The molecule has 3 aromatic carbocycles. The Morgan fingerprint density at radius 2 is 1.59 bits per heavy atom. The smallest absolute Gasteiger partial charge is 0.291 e. The second-order valence-corrected chi connectivity index (χ2v) is 7.93. The zero-order valence-corrected chi connectivity index (χ0v) is 16.8. The summed E-state index contributed by atoms with van der Waals surface area (Å²) in [4.78, 5) is 11.1. The van der Waals surface area contributed by atoms with Crippen LogP contribution in [0.3, 0.4) is 0 Å². The van der Waals surface area contributed by atoms with Crippen LogP contribution in [-0.4, -0.2) is 18.1 Å². The van der Waals surface area contributed by atoms with Gasteiger partial charge in [-0.05, 0) is 41.8 Å². The van der Waals surface area contributed by atoms with Crippen molar-refractivity contribution in [3.8, 4) is 5.75 Å². The molecule has 1 unspecified atom stereocenters. The van der Waals surface area contributed by atoms with E-state index in [1.807, 2.05) is 30.3 Å². The van der Waals surface area contributed by atoms with Gasteiger partial charge in [-0.2, -0.15) is 0 Å². The molecule has 1 saturated heterocycles. The number of benzene rings is 3. The van der Waals surface area contributed by atoms with Crippen molar-refractivity contribution in [2.75, 3.05) is 13.2 Å². The Morgan fingerprint density at radius 1 is 0.906 bits per heavy atom. The van der Waals surface area contributed by atoms with Crippen LogP contribution in [0.2, 0.25) is 0 Å². The fourth-order valence-corrected chi connectivity index (χ4v) is 4.51. The molecular formula is C24H18F3NO4. The molecule has 5 nitrogen and oxygen atoms in total. The molecule has 0 radical (unpaired) electrons. The highest BCUT2D eigenvalue weighted by Crippen LogP contribution is 2.45. The molecule has 3 aromatic rings. The van der Waals surface area contributed by atoms with E-state index < -0.39 is 39.7 Å². The lowest BCUT2D eigenvalue weighted by Gasteiger charge is -2.28. The fraction of sp³-hybridized carbons (Fsp3) is 0.250. The molecule has 0 aromatic heterocycles. The Balaban J connectivity index is 1.70. The number of halogens is 3. The number of hydrogen-bond donors (Lipinski definition) is 0. The predicted octanol–water partition coefficient (Wildman–Crippen LogP) is 5.90. The second-order valence-electron chi connectivity index (χ2n) is 7.93. The topological polar surface area (TPSA) is 61.6 Å². The fourth-order valence-electron chi connectivity index (χ4n) is 4.51. The summed E-state index contributed by atoms with van der Waals surface area (Å²) in [6.45, 7) is 1.28. The van der Waals surface area contributed by atoms with Crippen molar-refractivity contribution in [3.05, 3.63) is 92.4 Å². The first-order chi connectivity index (χ1) is 15.4. The molecule has 0 amide bonds. The number of ether oxygens (including phenoxy) is 2. The van der Waals surface area contributed by atoms with E-state index in [9.17, 15) is 23.3 Å². The van der Waals surface area contributed by atoms with Crippen molar-refractivity contribution in [3.63, 3.8) is 0 Å². The van der Waals surface area contributed by atoms with Crippen LogP contribution in [0.1, 0.15) is 41.6 Å². The molecule has 0 aliphatic carbocycles. The van der Waals surface area contributed by atoms with E-state index >= 15 is 0 Å². The van der Waals surface area contributed by atoms with Gasteiger partial charge >= 0.3 is 0 Å². The van der Waals surface area contributed by atoms with Gasteiger partial charge in [0.25, 0.3) is 5.70 Å². The van der Waals surface area contributed by atoms with E-state index in [4.69, 9.17) is 9.47 Å². The molecule has 32 heavy (non-hydrogen) atoms. The summed E-state index contributed by atoms with van der Waals surface area (Å²) in [6, 6.07) is 10.3. The molecule has 2 heterocycles. The summed E-state index contributed by atoms with van der Waals surface area (Å²) in [6.07, 6.45) is 1.47. The Morgan fingerprint density at radius 3 is 2.31 bits per heavy atom. The number of nitrogens with zero attached hydrogens (tertiary/aromatic N) is 1. The number of hydrogen-bond acceptors (Lipinski definition) is 4. The zero-order chi connectivity index (χ0) is 22.4. The van der Waals surface area contributed by atoms with Crippen LogP contribution >= 0.6 is 0 Å². The van der Waals surface area contributed by atoms with Crippen molar-refractivity contribution in [2.24, 2.45) is 0 Å². The largest absolute Gasteiger partial charge is 0.473 e. The molecule has 5 rings (SSSR count). The monoisotopic (exact) mass is 441 g/mol. The van der Waals surface area contributed by atoms with Gasteiger partial charge in [0.05, 0.1) is 4.92 Å². The van der Waals surface area contributed by atoms with Crippen LogP contribution in [-0.2, 0) is 4.74 Å². The summed E-state index contributed by atoms with van der Waals surface area (Å²) < 4.78 is 53.2. The standard InChI is InChI=1S/C24H18F3NO4/c25-19-12-21(27)20(26)11-18(19)24-22(28(29)30)10-14-9-17(13-5-7-31-8-6-13)15-3-1-2-4-16(15)23(14)32-24/h1-4,9-13,24H,5-8H2. The first-order valence-electron chi connectivity index (χ1n) is 10.2. The molecule has 1 atom stereocenters. The van der Waals surface area contributed by atoms with Gasteiger partial charge in [-0.25, -0.2) is 13.2 Å². The summed E-state index contributed by atoms with van der Waals surface area (Å²) in [7, 11) is 0.